The van der Waals surface area contributed by atoms with Gasteiger partial charge < -0.3 is 9.84 Å². The van der Waals surface area contributed by atoms with Crippen LogP contribution in [-0.2, 0) is 6.54 Å². The van der Waals surface area contributed by atoms with Crippen molar-refractivity contribution in [3.05, 3.63) is 47.4 Å². The molecule has 0 saturated carbocycles. The summed E-state index contributed by atoms with van der Waals surface area (Å²) in [5, 5.41) is 9.30. The number of aromatic nitrogens is 1. The van der Waals surface area contributed by atoms with Gasteiger partial charge in [0.15, 0.2) is 0 Å². The van der Waals surface area contributed by atoms with E-state index in [1.165, 1.54) is 19.2 Å². The van der Waals surface area contributed by atoms with Crippen LogP contribution in [0.2, 0.25) is 0 Å². The molecule has 0 aliphatic heterocycles. The molecule has 1 aromatic carbocycles. The van der Waals surface area contributed by atoms with Gasteiger partial charge in [-0.15, -0.1) is 0 Å². The molecule has 0 radical (unpaired) electrons. The number of halogens is 1. The van der Waals surface area contributed by atoms with Gasteiger partial charge in [-0.05, 0) is 62.6 Å². The molecule has 140 valence electrons. The van der Waals surface area contributed by atoms with Crippen molar-refractivity contribution in [2.24, 2.45) is 0 Å². The van der Waals surface area contributed by atoms with Gasteiger partial charge in [-0.3, -0.25) is 4.90 Å². The van der Waals surface area contributed by atoms with Crippen LogP contribution in [-0.4, -0.2) is 40.2 Å². The lowest BCUT2D eigenvalue weighted by Gasteiger charge is -2.31. The topological polar surface area (TPSA) is 62.7 Å². The van der Waals surface area contributed by atoms with E-state index in [-0.39, 0.29) is 17.6 Å². The first-order valence-corrected chi connectivity index (χ1v) is 8.56. The van der Waals surface area contributed by atoms with E-state index in [2.05, 4.69) is 37.6 Å². The molecule has 26 heavy (non-hydrogen) atoms. The van der Waals surface area contributed by atoms with Crippen LogP contribution < -0.4 is 4.74 Å². The Hall–Kier alpha value is -2.47. The first-order chi connectivity index (χ1) is 12.2. The van der Waals surface area contributed by atoms with Crippen LogP contribution in [0, 0.1) is 5.82 Å². The van der Waals surface area contributed by atoms with Crippen LogP contribution >= 0.6 is 0 Å². The highest BCUT2D eigenvalue weighted by atomic mass is 19.1. The zero-order chi connectivity index (χ0) is 19.4. The molecule has 0 aliphatic rings. The fourth-order valence-electron chi connectivity index (χ4n) is 3.03. The van der Waals surface area contributed by atoms with Gasteiger partial charge in [0.1, 0.15) is 5.82 Å². The largest absolute Gasteiger partial charge is 0.481 e. The number of nitrogens with zero attached hydrogens (tertiary/aromatic N) is 2. The van der Waals surface area contributed by atoms with E-state index < -0.39 is 11.8 Å². The van der Waals surface area contributed by atoms with Gasteiger partial charge in [0.25, 0.3) is 0 Å². The molecule has 0 aliphatic carbocycles. The molecule has 1 N–H and O–H groups in total. The van der Waals surface area contributed by atoms with Crippen LogP contribution in [0.4, 0.5) is 4.39 Å². The third-order valence-electron chi connectivity index (χ3n) is 4.36. The highest BCUT2D eigenvalue weighted by Gasteiger charge is 2.20. The second-order valence-corrected chi connectivity index (χ2v) is 6.74. The van der Waals surface area contributed by atoms with Crippen LogP contribution in [0.5, 0.6) is 5.88 Å². The predicted molar refractivity (Wildman–Crippen MR) is 99.0 cm³/mol. The number of carbonyl (C=O) groups is 1. The van der Waals surface area contributed by atoms with E-state index in [9.17, 15) is 14.3 Å². The number of carboxylic acids is 1. The average molecular weight is 360 g/mol. The number of benzene rings is 1. The molecule has 2 aromatic rings. The number of hydrogen-bond acceptors (Lipinski definition) is 4. The molecule has 0 saturated heterocycles. The summed E-state index contributed by atoms with van der Waals surface area (Å²) >= 11 is 0. The molecule has 0 unspecified atom stereocenters. The van der Waals surface area contributed by atoms with Crippen molar-refractivity contribution in [2.75, 3.05) is 7.11 Å². The molecule has 6 heteroatoms. The summed E-state index contributed by atoms with van der Waals surface area (Å²) in [5.74, 6) is -1.61. The number of carboxylic acid groups (broad SMARTS) is 1. The number of ether oxygens (including phenoxy) is 1. The van der Waals surface area contributed by atoms with Crippen molar-refractivity contribution in [2.45, 2.75) is 46.3 Å². The fraction of sp³-hybridized carbons (Fsp3) is 0.400. The van der Waals surface area contributed by atoms with Gasteiger partial charge in [-0.25, -0.2) is 14.2 Å². The van der Waals surface area contributed by atoms with Crippen LogP contribution in [0.3, 0.4) is 0 Å². The van der Waals surface area contributed by atoms with E-state index in [0.717, 1.165) is 11.1 Å². The van der Waals surface area contributed by atoms with Crippen LogP contribution in [0.15, 0.2) is 30.5 Å². The van der Waals surface area contributed by atoms with Gasteiger partial charge in [0.2, 0.25) is 5.88 Å². The summed E-state index contributed by atoms with van der Waals surface area (Å²) < 4.78 is 19.5. The molecule has 2 rings (SSSR count). The summed E-state index contributed by atoms with van der Waals surface area (Å²) in [5.41, 5.74) is 1.80. The molecular formula is C20H25FN2O3. The van der Waals surface area contributed by atoms with E-state index >= 15 is 0 Å². The molecule has 0 fully saturated rings. The van der Waals surface area contributed by atoms with Gasteiger partial charge in [-0.1, -0.05) is 0 Å². The molecule has 0 bridgehead atoms. The SMILES string of the molecule is COc1cc(-c2cc(F)c(C(=O)O)cc2CN(C(C)C)C(C)C)ccn1. The summed E-state index contributed by atoms with van der Waals surface area (Å²) in [4.78, 5) is 17.7. The standard InChI is InChI=1S/C20H25FN2O3/c1-12(2)23(13(3)4)11-15-8-17(20(24)25)18(21)10-16(15)14-6-7-22-19(9-14)26-5/h6-10,12-13H,11H2,1-5H3,(H,24,25). The lowest BCUT2D eigenvalue weighted by atomic mass is 9.96. The third kappa shape index (κ3) is 4.38. The zero-order valence-electron chi connectivity index (χ0n) is 15.8. The van der Waals surface area contributed by atoms with Crippen molar-refractivity contribution in [3.8, 4) is 17.0 Å². The summed E-state index contributed by atoms with van der Waals surface area (Å²) in [6.07, 6.45) is 1.59. The molecule has 1 heterocycles. The Morgan fingerprint density at radius 1 is 1.23 bits per heavy atom. The second-order valence-electron chi connectivity index (χ2n) is 6.74. The minimum Gasteiger partial charge on any atom is -0.481 e. The zero-order valence-corrected chi connectivity index (χ0v) is 15.8. The van der Waals surface area contributed by atoms with Crippen molar-refractivity contribution in [1.29, 1.82) is 0 Å². The quantitative estimate of drug-likeness (QED) is 0.801. The molecule has 1 aromatic heterocycles. The highest BCUT2D eigenvalue weighted by molar-refractivity contribution is 5.89. The smallest absolute Gasteiger partial charge is 0.338 e. The maximum atomic E-state index is 14.4. The Balaban J connectivity index is 2.62. The summed E-state index contributed by atoms with van der Waals surface area (Å²) in [6, 6.07) is 6.70. The van der Waals surface area contributed by atoms with Gasteiger partial charge in [0, 0.05) is 30.9 Å². The van der Waals surface area contributed by atoms with Gasteiger partial charge in [-0.2, -0.15) is 0 Å². The number of rotatable bonds is 7. The Labute approximate surface area is 153 Å². The van der Waals surface area contributed by atoms with Crippen LogP contribution in [0.25, 0.3) is 11.1 Å². The summed E-state index contributed by atoms with van der Waals surface area (Å²) in [6.45, 7) is 8.83. The Morgan fingerprint density at radius 2 is 1.88 bits per heavy atom. The second kappa shape index (κ2) is 8.27. The molecule has 0 atom stereocenters. The van der Waals surface area contributed by atoms with E-state index in [1.54, 1.807) is 18.3 Å². The first-order valence-electron chi connectivity index (χ1n) is 8.56. The Kier molecular flexibility index (Phi) is 6.32. The number of pyridine rings is 1. The molecule has 0 spiro atoms. The maximum absolute atomic E-state index is 14.4. The predicted octanol–water partition coefficient (Wildman–Crippen LogP) is 4.21. The fourth-order valence-corrected chi connectivity index (χ4v) is 3.03. The minimum atomic E-state index is -1.27. The summed E-state index contributed by atoms with van der Waals surface area (Å²) in [7, 11) is 1.51. The Morgan fingerprint density at radius 3 is 2.42 bits per heavy atom. The normalized spacial score (nSPS) is 11.4. The van der Waals surface area contributed by atoms with Crippen molar-refractivity contribution < 1.29 is 19.0 Å². The lowest BCUT2D eigenvalue weighted by molar-refractivity contribution is 0.0691. The highest BCUT2D eigenvalue weighted by Crippen LogP contribution is 2.30. The number of hydrogen-bond donors (Lipinski definition) is 1. The maximum Gasteiger partial charge on any atom is 0.338 e. The number of aromatic carboxylic acids is 1. The van der Waals surface area contributed by atoms with Crippen molar-refractivity contribution in [3.63, 3.8) is 0 Å². The van der Waals surface area contributed by atoms with Crippen molar-refractivity contribution >= 4 is 5.97 Å². The van der Waals surface area contributed by atoms with Gasteiger partial charge in [0.05, 0.1) is 12.7 Å². The molecule has 5 nitrogen and oxygen atoms in total. The Bertz CT molecular complexity index is 783. The average Bonchev–Trinajstić information content (AvgIpc) is 2.59. The van der Waals surface area contributed by atoms with Crippen LogP contribution in [0.1, 0.15) is 43.6 Å². The van der Waals surface area contributed by atoms with E-state index in [0.29, 0.717) is 18.0 Å². The molecule has 0 amide bonds. The molecular weight excluding hydrogens is 335 g/mol. The van der Waals surface area contributed by atoms with Gasteiger partial charge >= 0.3 is 5.97 Å². The minimum absolute atomic E-state index is 0.258. The number of methoxy groups -OCH3 is 1. The van der Waals surface area contributed by atoms with Crippen molar-refractivity contribution in [1.82, 2.24) is 9.88 Å². The first kappa shape index (κ1) is 19.8. The monoisotopic (exact) mass is 360 g/mol. The lowest BCUT2D eigenvalue weighted by Crippen LogP contribution is -2.36. The van der Waals surface area contributed by atoms with E-state index in [4.69, 9.17) is 4.74 Å². The van der Waals surface area contributed by atoms with E-state index in [1.807, 2.05) is 0 Å². The third-order valence-corrected chi connectivity index (χ3v) is 4.36.